The van der Waals surface area contributed by atoms with Gasteiger partial charge in [0.1, 0.15) is 0 Å². The molecule has 1 aliphatic rings. The summed E-state index contributed by atoms with van der Waals surface area (Å²) in [5.74, 6) is 0.756. The number of amides is 1. The maximum absolute atomic E-state index is 11.2. The molecule has 0 aliphatic carbocycles. The molecule has 0 unspecified atom stereocenters. The maximum atomic E-state index is 11.2. The SMILES string of the molecule is CC(=O)N1CCC(c2cncn2C)CC1. The van der Waals surface area contributed by atoms with Crippen molar-refractivity contribution in [1.29, 1.82) is 0 Å². The molecule has 1 fully saturated rings. The highest BCUT2D eigenvalue weighted by molar-refractivity contribution is 5.73. The molecule has 0 aromatic carbocycles. The highest BCUT2D eigenvalue weighted by Crippen LogP contribution is 2.27. The first kappa shape index (κ1) is 10.2. The fourth-order valence-electron chi connectivity index (χ4n) is 2.25. The lowest BCUT2D eigenvalue weighted by atomic mass is 9.94. The van der Waals surface area contributed by atoms with Crippen LogP contribution in [0.3, 0.4) is 0 Å². The van der Waals surface area contributed by atoms with E-state index in [0.717, 1.165) is 25.9 Å². The van der Waals surface area contributed by atoms with Gasteiger partial charge in [0, 0.05) is 44.9 Å². The van der Waals surface area contributed by atoms with E-state index in [0.29, 0.717) is 5.92 Å². The van der Waals surface area contributed by atoms with Crippen molar-refractivity contribution in [3.63, 3.8) is 0 Å². The highest BCUT2D eigenvalue weighted by atomic mass is 16.2. The number of hydrogen-bond donors (Lipinski definition) is 0. The number of carbonyl (C=O) groups excluding carboxylic acids is 1. The van der Waals surface area contributed by atoms with Crippen LogP contribution in [0.2, 0.25) is 0 Å². The summed E-state index contributed by atoms with van der Waals surface area (Å²) >= 11 is 0. The molecule has 4 nitrogen and oxygen atoms in total. The smallest absolute Gasteiger partial charge is 0.219 e. The summed E-state index contributed by atoms with van der Waals surface area (Å²) in [4.78, 5) is 17.2. The molecule has 0 radical (unpaired) electrons. The average Bonchev–Trinajstić information content (AvgIpc) is 2.65. The van der Waals surface area contributed by atoms with Crippen LogP contribution < -0.4 is 0 Å². The Hall–Kier alpha value is -1.32. The Morgan fingerprint density at radius 2 is 2.13 bits per heavy atom. The van der Waals surface area contributed by atoms with E-state index in [9.17, 15) is 4.79 Å². The monoisotopic (exact) mass is 207 g/mol. The number of nitrogens with zero attached hydrogens (tertiary/aromatic N) is 3. The van der Waals surface area contributed by atoms with E-state index in [-0.39, 0.29) is 5.91 Å². The molecule has 0 atom stereocenters. The van der Waals surface area contributed by atoms with Gasteiger partial charge in [-0.15, -0.1) is 0 Å². The van der Waals surface area contributed by atoms with Crippen LogP contribution in [0.5, 0.6) is 0 Å². The van der Waals surface area contributed by atoms with Crippen molar-refractivity contribution in [2.45, 2.75) is 25.7 Å². The summed E-state index contributed by atoms with van der Waals surface area (Å²) in [6, 6.07) is 0. The van der Waals surface area contributed by atoms with Crippen molar-refractivity contribution in [1.82, 2.24) is 14.5 Å². The van der Waals surface area contributed by atoms with Crippen LogP contribution in [0, 0.1) is 0 Å². The summed E-state index contributed by atoms with van der Waals surface area (Å²) in [5.41, 5.74) is 1.29. The van der Waals surface area contributed by atoms with Gasteiger partial charge in [0.25, 0.3) is 0 Å². The minimum absolute atomic E-state index is 0.193. The predicted molar refractivity (Wildman–Crippen MR) is 57.4 cm³/mol. The molecule has 4 heteroatoms. The Morgan fingerprint density at radius 1 is 1.47 bits per heavy atom. The van der Waals surface area contributed by atoms with Crippen molar-refractivity contribution in [2.75, 3.05) is 13.1 Å². The third-order valence-electron chi connectivity index (χ3n) is 3.21. The minimum Gasteiger partial charge on any atom is -0.343 e. The van der Waals surface area contributed by atoms with Gasteiger partial charge in [0.05, 0.1) is 6.33 Å². The van der Waals surface area contributed by atoms with Gasteiger partial charge in [-0.3, -0.25) is 4.79 Å². The van der Waals surface area contributed by atoms with E-state index >= 15 is 0 Å². The van der Waals surface area contributed by atoms with Gasteiger partial charge in [-0.25, -0.2) is 4.98 Å². The van der Waals surface area contributed by atoms with Gasteiger partial charge < -0.3 is 9.47 Å². The number of aryl methyl sites for hydroxylation is 1. The molecule has 0 N–H and O–H groups in total. The van der Waals surface area contributed by atoms with E-state index < -0.39 is 0 Å². The molecule has 1 saturated heterocycles. The van der Waals surface area contributed by atoms with Crippen molar-refractivity contribution in [3.8, 4) is 0 Å². The lowest BCUT2D eigenvalue weighted by molar-refractivity contribution is -0.129. The Morgan fingerprint density at radius 3 is 2.60 bits per heavy atom. The highest BCUT2D eigenvalue weighted by Gasteiger charge is 2.23. The molecule has 1 amide bonds. The number of hydrogen-bond acceptors (Lipinski definition) is 2. The fourth-order valence-corrected chi connectivity index (χ4v) is 2.25. The number of piperidine rings is 1. The van der Waals surface area contributed by atoms with Gasteiger partial charge >= 0.3 is 0 Å². The van der Waals surface area contributed by atoms with Crippen molar-refractivity contribution >= 4 is 5.91 Å². The lowest BCUT2D eigenvalue weighted by Gasteiger charge is -2.31. The van der Waals surface area contributed by atoms with Gasteiger partial charge in [0.2, 0.25) is 5.91 Å². The quantitative estimate of drug-likeness (QED) is 0.692. The van der Waals surface area contributed by atoms with E-state index in [2.05, 4.69) is 9.55 Å². The van der Waals surface area contributed by atoms with E-state index in [1.807, 2.05) is 24.5 Å². The zero-order valence-corrected chi connectivity index (χ0v) is 9.31. The number of carbonyl (C=O) groups is 1. The Kier molecular flexibility index (Phi) is 2.75. The summed E-state index contributed by atoms with van der Waals surface area (Å²) in [7, 11) is 2.03. The first-order valence-corrected chi connectivity index (χ1v) is 5.40. The molecule has 1 aromatic heterocycles. The van der Waals surface area contributed by atoms with Crippen molar-refractivity contribution in [2.24, 2.45) is 7.05 Å². The second-order valence-electron chi connectivity index (χ2n) is 4.21. The Bertz CT molecular complexity index is 350. The molecule has 0 spiro atoms. The first-order chi connectivity index (χ1) is 7.18. The van der Waals surface area contributed by atoms with Crippen LogP contribution in [-0.4, -0.2) is 33.4 Å². The van der Waals surface area contributed by atoms with Gasteiger partial charge in [-0.1, -0.05) is 0 Å². The number of rotatable bonds is 1. The molecule has 1 aliphatic heterocycles. The average molecular weight is 207 g/mol. The Labute approximate surface area is 89.9 Å². The topological polar surface area (TPSA) is 38.1 Å². The minimum atomic E-state index is 0.193. The van der Waals surface area contributed by atoms with Crippen LogP contribution >= 0.6 is 0 Å². The molecule has 1 aromatic rings. The fraction of sp³-hybridized carbons (Fsp3) is 0.636. The molecule has 2 heterocycles. The molecular formula is C11H17N3O. The zero-order chi connectivity index (χ0) is 10.8. The summed E-state index contributed by atoms with van der Waals surface area (Å²) in [6.45, 7) is 3.40. The zero-order valence-electron chi connectivity index (χ0n) is 9.31. The third kappa shape index (κ3) is 2.03. The van der Waals surface area contributed by atoms with Gasteiger partial charge in [-0.05, 0) is 12.8 Å². The van der Waals surface area contributed by atoms with Crippen LogP contribution in [0.15, 0.2) is 12.5 Å². The number of likely N-dealkylation sites (tertiary alicyclic amines) is 1. The third-order valence-corrected chi connectivity index (χ3v) is 3.21. The molecule has 0 bridgehead atoms. The van der Waals surface area contributed by atoms with Crippen molar-refractivity contribution < 1.29 is 4.79 Å². The summed E-state index contributed by atoms with van der Waals surface area (Å²) in [5, 5.41) is 0. The normalized spacial score (nSPS) is 18.1. The van der Waals surface area contributed by atoms with Gasteiger partial charge in [-0.2, -0.15) is 0 Å². The molecule has 82 valence electrons. The molecule has 2 rings (SSSR count). The molecular weight excluding hydrogens is 190 g/mol. The lowest BCUT2D eigenvalue weighted by Crippen LogP contribution is -2.36. The molecule has 15 heavy (non-hydrogen) atoms. The standard InChI is InChI=1S/C11H17N3O/c1-9(15)14-5-3-10(4-6-14)11-7-12-8-13(11)2/h7-8,10H,3-6H2,1-2H3. The van der Waals surface area contributed by atoms with Crippen LogP contribution in [0.25, 0.3) is 0 Å². The second-order valence-corrected chi connectivity index (χ2v) is 4.21. The van der Waals surface area contributed by atoms with Crippen LogP contribution in [0.4, 0.5) is 0 Å². The summed E-state index contributed by atoms with van der Waals surface area (Å²) in [6.07, 6.45) is 5.89. The summed E-state index contributed by atoms with van der Waals surface area (Å²) < 4.78 is 2.08. The maximum Gasteiger partial charge on any atom is 0.219 e. The first-order valence-electron chi connectivity index (χ1n) is 5.40. The van der Waals surface area contributed by atoms with Crippen LogP contribution in [0.1, 0.15) is 31.4 Å². The largest absolute Gasteiger partial charge is 0.343 e. The predicted octanol–water partition coefficient (Wildman–Crippen LogP) is 1.15. The second kappa shape index (κ2) is 4.04. The molecule has 0 saturated carbocycles. The van der Waals surface area contributed by atoms with Crippen LogP contribution in [-0.2, 0) is 11.8 Å². The van der Waals surface area contributed by atoms with Crippen molar-refractivity contribution in [3.05, 3.63) is 18.2 Å². The number of imidazole rings is 1. The van der Waals surface area contributed by atoms with E-state index in [4.69, 9.17) is 0 Å². The van der Waals surface area contributed by atoms with E-state index in [1.54, 1.807) is 6.92 Å². The Balaban J connectivity index is 2.00. The van der Waals surface area contributed by atoms with E-state index in [1.165, 1.54) is 5.69 Å². The number of aromatic nitrogens is 2. The van der Waals surface area contributed by atoms with Gasteiger partial charge in [0.15, 0.2) is 0 Å².